The molecule has 0 N–H and O–H groups in total. The zero-order valence-corrected chi connectivity index (χ0v) is 11.2. The number of rotatable bonds is 5. The number of hydrogen-bond acceptors (Lipinski definition) is 3. The second-order valence-corrected chi connectivity index (χ2v) is 4.75. The van der Waals surface area contributed by atoms with Gasteiger partial charge in [-0.15, -0.1) is 0 Å². The van der Waals surface area contributed by atoms with Crippen LogP contribution < -0.4 is 0 Å². The summed E-state index contributed by atoms with van der Waals surface area (Å²) < 4.78 is 10.5. The molecule has 3 heteroatoms. The Kier molecular flexibility index (Phi) is 4.39. The summed E-state index contributed by atoms with van der Waals surface area (Å²) in [6.45, 7) is 8.57. The zero-order valence-electron chi connectivity index (χ0n) is 11.2. The van der Waals surface area contributed by atoms with Gasteiger partial charge in [0.1, 0.15) is 6.79 Å². The van der Waals surface area contributed by atoms with E-state index in [1.54, 1.807) is 7.11 Å². The van der Waals surface area contributed by atoms with Crippen LogP contribution >= 0.6 is 0 Å². The van der Waals surface area contributed by atoms with Gasteiger partial charge in [0, 0.05) is 25.9 Å². The lowest BCUT2D eigenvalue weighted by molar-refractivity contribution is -0.0660. The molecule has 1 saturated heterocycles. The average Bonchev–Trinajstić information content (AvgIpc) is 2.84. The van der Waals surface area contributed by atoms with Crippen molar-refractivity contribution in [3.63, 3.8) is 0 Å². The van der Waals surface area contributed by atoms with Crippen molar-refractivity contribution < 1.29 is 9.47 Å². The molecule has 0 spiro atoms. The van der Waals surface area contributed by atoms with E-state index in [1.807, 2.05) is 0 Å². The molecular weight excluding hydrogens is 226 g/mol. The highest BCUT2D eigenvalue weighted by Crippen LogP contribution is 2.24. The Morgan fingerprint density at radius 3 is 3.06 bits per heavy atom. The number of methoxy groups -OCH3 is 1. The Labute approximate surface area is 109 Å². The van der Waals surface area contributed by atoms with Crippen LogP contribution in [0.15, 0.2) is 30.8 Å². The molecule has 18 heavy (non-hydrogen) atoms. The molecule has 0 saturated carbocycles. The van der Waals surface area contributed by atoms with E-state index < -0.39 is 0 Å². The minimum Gasteiger partial charge on any atom is -0.369 e. The van der Waals surface area contributed by atoms with E-state index in [0.29, 0.717) is 6.79 Å². The number of hydrogen-bond donors (Lipinski definition) is 0. The quantitative estimate of drug-likeness (QED) is 0.747. The summed E-state index contributed by atoms with van der Waals surface area (Å²) in [6.07, 6.45) is 1.29. The summed E-state index contributed by atoms with van der Waals surface area (Å²) >= 11 is 0. The fourth-order valence-electron chi connectivity index (χ4n) is 2.28. The maximum Gasteiger partial charge on any atom is 0.146 e. The topological polar surface area (TPSA) is 21.7 Å². The summed E-state index contributed by atoms with van der Waals surface area (Å²) in [7, 11) is 1.65. The van der Waals surface area contributed by atoms with E-state index in [9.17, 15) is 0 Å². The zero-order chi connectivity index (χ0) is 13.0. The second kappa shape index (κ2) is 6.03. The lowest BCUT2D eigenvalue weighted by Crippen LogP contribution is -2.22. The highest BCUT2D eigenvalue weighted by molar-refractivity contribution is 5.62. The number of nitrogens with zero attached hydrogens (tertiary/aromatic N) is 1. The maximum absolute atomic E-state index is 5.59. The first kappa shape index (κ1) is 13.1. The average molecular weight is 247 g/mol. The minimum absolute atomic E-state index is 0.256. The van der Waals surface area contributed by atoms with Crippen LogP contribution in [0.2, 0.25) is 0 Å². The normalized spacial score (nSPS) is 19.2. The van der Waals surface area contributed by atoms with Gasteiger partial charge in [-0.2, -0.15) is 0 Å². The van der Waals surface area contributed by atoms with Gasteiger partial charge < -0.3 is 14.4 Å². The molecule has 1 heterocycles. The Balaban J connectivity index is 1.95. The van der Waals surface area contributed by atoms with E-state index in [2.05, 4.69) is 42.7 Å². The Bertz CT molecular complexity index is 417. The first-order valence-corrected chi connectivity index (χ1v) is 6.32. The third kappa shape index (κ3) is 3.12. The Hall–Kier alpha value is -1.32. The highest BCUT2D eigenvalue weighted by atomic mass is 16.7. The number of aryl methyl sites for hydroxylation is 1. The first-order chi connectivity index (χ1) is 8.70. The summed E-state index contributed by atoms with van der Waals surface area (Å²) in [5, 5.41) is 0. The van der Waals surface area contributed by atoms with Crippen molar-refractivity contribution in [2.75, 3.05) is 27.0 Å². The lowest BCUT2D eigenvalue weighted by Gasteiger charge is -2.21. The van der Waals surface area contributed by atoms with Gasteiger partial charge in [-0.25, -0.2) is 0 Å². The fourth-order valence-corrected chi connectivity index (χ4v) is 2.28. The molecule has 0 unspecified atom stereocenters. The first-order valence-electron chi connectivity index (χ1n) is 6.32. The molecule has 1 aliphatic heterocycles. The molecule has 1 aromatic carbocycles. The maximum atomic E-state index is 5.59. The van der Waals surface area contributed by atoms with E-state index >= 15 is 0 Å². The summed E-state index contributed by atoms with van der Waals surface area (Å²) in [5.41, 5.74) is 3.55. The van der Waals surface area contributed by atoms with Crippen LogP contribution in [0.4, 0.5) is 0 Å². The van der Waals surface area contributed by atoms with Crippen molar-refractivity contribution in [1.82, 2.24) is 4.90 Å². The van der Waals surface area contributed by atoms with Crippen LogP contribution in [0.3, 0.4) is 0 Å². The third-order valence-electron chi connectivity index (χ3n) is 3.30. The summed E-state index contributed by atoms with van der Waals surface area (Å²) in [5.74, 6) is 0. The van der Waals surface area contributed by atoms with Gasteiger partial charge in [-0.1, -0.05) is 30.3 Å². The van der Waals surface area contributed by atoms with E-state index in [0.717, 1.165) is 25.2 Å². The molecule has 0 amide bonds. The van der Waals surface area contributed by atoms with E-state index in [-0.39, 0.29) is 6.10 Å². The molecule has 1 aromatic rings. The SMILES string of the molecule is C=C(c1cccc(C)c1)N1CC[C@H](OCOC)C1. The molecule has 0 radical (unpaired) electrons. The fraction of sp³-hybridized carbons (Fsp3) is 0.467. The summed E-state index contributed by atoms with van der Waals surface area (Å²) in [6, 6.07) is 8.46. The number of ether oxygens (including phenoxy) is 2. The van der Waals surface area contributed by atoms with Crippen molar-refractivity contribution in [2.45, 2.75) is 19.4 Å². The third-order valence-corrected chi connectivity index (χ3v) is 3.30. The van der Waals surface area contributed by atoms with Gasteiger partial charge in [0.2, 0.25) is 0 Å². The van der Waals surface area contributed by atoms with Gasteiger partial charge in [0.05, 0.1) is 6.10 Å². The Morgan fingerprint density at radius 1 is 1.50 bits per heavy atom. The molecule has 0 aromatic heterocycles. The van der Waals surface area contributed by atoms with Crippen molar-refractivity contribution in [3.8, 4) is 0 Å². The molecule has 98 valence electrons. The van der Waals surface area contributed by atoms with Crippen molar-refractivity contribution in [2.24, 2.45) is 0 Å². The molecule has 3 nitrogen and oxygen atoms in total. The molecule has 1 fully saturated rings. The Morgan fingerprint density at radius 2 is 2.33 bits per heavy atom. The highest BCUT2D eigenvalue weighted by Gasteiger charge is 2.24. The molecule has 0 bridgehead atoms. The predicted octanol–water partition coefficient (Wildman–Crippen LogP) is 2.66. The molecule has 1 aliphatic rings. The van der Waals surface area contributed by atoms with Crippen LogP contribution in [0.1, 0.15) is 17.5 Å². The largest absolute Gasteiger partial charge is 0.369 e. The predicted molar refractivity (Wildman–Crippen MR) is 73.2 cm³/mol. The van der Waals surface area contributed by atoms with Gasteiger partial charge in [-0.3, -0.25) is 0 Å². The van der Waals surface area contributed by atoms with Gasteiger partial charge in [0.25, 0.3) is 0 Å². The molecule has 0 aliphatic carbocycles. The smallest absolute Gasteiger partial charge is 0.146 e. The number of likely N-dealkylation sites (tertiary alicyclic amines) is 1. The minimum atomic E-state index is 0.256. The van der Waals surface area contributed by atoms with Crippen LogP contribution in [0.25, 0.3) is 5.70 Å². The molecule has 1 atom stereocenters. The van der Waals surface area contributed by atoms with Gasteiger partial charge >= 0.3 is 0 Å². The van der Waals surface area contributed by atoms with Crippen molar-refractivity contribution in [3.05, 3.63) is 42.0 Å². The monoisotopic (exact) mass is 247 g/mol. The molecule has 2 rings (SSSR count). The second-order valence-electron chi connectivity index (χ2n) is 4.75. The standard InChI is InChI=1S/C15H21NO2/c1-12-5-4-6-14(9-12)13(2)16-8-7-15(10-16)18-11-17-3/h4-6,9,15H,2,7-8,10-11H2,1,3H3/t15-/m0/s1. The van der Waals surface area contributed by atoms with Crippen molar-refractivity contribution in [1.29, 1.82) is 0 Å². The van der Waals surface area contributed by atoms with Crippen molar-refractivity contribution >= 4 is 5.70 Å². The van der Waals surface area contributed by atoms with Crippen LogP contribution in [0, 0.1) is 6.92 Å². The van der Waals surface area contributed by atoms with Gasteiger partial charge in [0.15, 0.2) is 0 Å². The lowest BCUT2D eigenvalue weighted by atomic mass is 10.1. The van der Waals surface area contributed by atoms with E-state index in [4.69, 9.17) is 9.47 Å². The van der Waals surface area contributed by atoms with Crippen LogP contribution in [-0.2, 0) is 9.47 Å². The van der Waals surface area contributed by atoms with Gasteiger partial charge in [-0.05, 0) is 25.0 Å². The number of benzene rings is 1. The van der Waals surface area contributed by atoms with E-state index in [1.165, 1.54) is 11.1 Å². The van der Waals surface area contributed by atoms with Crippen LogP contribution in [-0.4, -0.2) is 38.0 Å². The van der Waals surface area contributed by atoms with Crippen LogP contribution in [0.5, 0.6) is 0 Å². The summed E-state index contributed by atoms with van der Waals surface area (Å²) in [4.78, 5) is 2.29. The molecular formula is C15H21NO2.